The van der Waals surface area contributed by atoms with Gasteiger partial charge in [-0.05, 0) is 51.3 Å². The van der Waals surface area contributed by atoms with E-state index < -0.39 is 21.2 Å². The molecule has 0 unspecified atom stereocenters. The minimum Gasteiger partial charge on any atom is -0.478 e. The number of aromatic carboxylic acids is 1. The minimum absolute atomic E-state index is 0.00608. The third-order valence-corrected chi connectivity index (χ3v) is 5.11. The van der Waals surface area contributed by atoms with Crippen molar-refractivity contribution < 1.29 is 18.3 Å². The van der Waals surface area contributed by atoms with Crippen molar-refractivity contribution in [2.24, 2.45) is 5.41 Å². The van der Waals surface area contributed by atoms with Gasteiger partial charge >= 0.3 is 5.97 Å². The summed E-state index contributed by atoms with van der Waals surface area (Å²) in [7, 11) is -3.54. The van der Waals surface area contributed by atoms with E-state index in [1.54, 1.807) is 20.8 Å². The maximum absolute atomic E-state index is 12.2. The first-order chi connectivity index (χ1) is 9.59. The van der Waals surface area contributed by atoms with Crippen LogP contribution in [-0.4, -0.2) is 25.2 Å². The summed E-state index contributed by atoms with van der Waals surface area (Å²) in [6, 6.07) is 6.24. The van der Waals surface area contributed by atoms with Crippen molar-refractivity contribution in [3.8, 4) is 6.07 Å². The van der Waals surface area contributed by atoms with Crippen LogP contribution in [0.15, 0.2) is 23.1 Å². The molecule has 0 saturated carbocycles. The second-order valence-corrected chi connectivity index (χ2v) is 7.81. The van der Waals surface area contributed by atoms with E-state index in [-0.39, 0.29) is 16.2 Å². The van der Waals surface area contributed by atoms with Crippen LogP contribution in [0.5, 0.6) is 0 Å². The molecule has 21 heavy (non-hydrogen) atoms. The predicted octanol–water partition coefficient (Wildman–Crippen LogP) is 2.80. The first-order valence-electron chi connectivity index (χ1n) is 6.57. The number of benzene rings is 1. The van der Waals surface area contributed by atoms with Crippen molar-refractivity contribution in [1.29, 1.82) is 5.26 Å². The molecule has 1 aromatic rings. The molecule has 0 aliphatic heterocycles. The Balaban J connectivity index is 2.92. The van der Waals surface area contributed by atoms with Crippen molar-refractivity contribution >= 4 is 15.8 Å². The molecule has 0 heterocycles. The van der Waals surface area contributed by atoms with Crippen LogP contribution in [0.3, 0.4) is 0 Å². The van der Waals surface area contributed by atoms with Crippen LogP contribution < -0.4 is 0 Å². The lowest BCUT2D eigenvalue weighted by Crippen LogP contribution is -2.13. The molecule has 1 N–H and O–H groups in total. The Morgan fingerprint density at radius 3 is 2.52 bits per heavy atom. The fourth-order valence-corrected chi connectivity index (χ4v) is 3.24. The highest BCUT2D eigenvalue weighted by molar-refractivity contribution is 7.91. The van der Waals surface area contributed by atoms with E-state index in [9.17, 15) is 13.2 Å². The summed E-state index contributed by atoms with van der Waals surface area (Å²) in [5.74, 6) is -1.24. The van der Waals surface area contributed by atoms with Gasteiger partial charge in [-0.15, -0.1) is 0 Å². The maximum atomic E-state index is 12.2. The Labute approximate surface area is 125 Å². The van der Waals surface area contributed by atoms with Crippen LogP contribution in [0.1, 0.15) is 42.6 Å². The minimum atomic E-state index is -3.54. The summed E-state index contributed by atoms with van der Waals surface area (Å²) in [6.45, 7) is 5.14. The number of aryl methyl sites for hydroxylation is 1. The van der Waals surface area contributed by atoms with Crippen LogP contribution in [0.2, 0.25) is 0 Å². The lowest BCUT2D eigenvalue weighted by atomic mass is 9.90. The molecule has 0 aliphatic carbocycles. The zero-order chi connectivity index (χ0) is 16.3. The van der Waals surface area contributed by atoms with Gasteiger partial charge in [0.05, 0.1) is 27.7 Å². The number of rotatable bonds is 6. The first-order valence-corrected chi connectivity index (χ1v) is 8.22. The monoisotopic (exact) mass is 309 g/mol. The van der Waals surface area contributed by atoms with Gasteiger partial charge in [-0.25, -0.2) is 13.2 Å². The van der Waals surface area contributed by atoms with Gasteiger partial charge < -0.3 is 5.11 Å². The SMILES string of the molecule is Cc1ccc(S(=O)(=O)CCCC(C)(C)C#N)cc1C(=O)O. The molecule has 0 radical (unpaired) electrons. The molecule has 0 spiro atoms. The molecule has 5 nitrogen and oxygen atoms in total. The summed E-state index contributed by atoms with van der Waals surface area (Å²) in [5, 5.41) is 17.9. The number of nitrogens with zero attached hydrogens (tertiary/aromatic N) is 1. The standard InChI is InChI=1S/C15H19NO4S/c1-11-5-6-12(9-13(11)14(17)18)21(19,20)8-4-7-15(2,3)10-16/h5-6,9H,4,7-8H2,1-3H3,(H,17,18). The zero-order valence-electron chi connectivity index (χ0n) is 12.4. The van der Waals surface area contributed by atoms with Crippen LogP contribution >= 0.6 is 0 Å². The van der Waals surface area contributed by atoms with E-state index in [0.717, 1.165) is 0 Å². The fraction of sp³-hybridized carbons (Fsp3) is 0.467. The molecule has 0 atom stereocenters. The largest absolute Gasteiger partial charge is 0.478 e. The summed E-state index contributed by atoms with van der Waals surface area (Å²) in [5.41, 5.74) is -0.0461. The molecule has 0 aromatic heterocycles. The van der Waals surface area contributed by atoms with Gasteiger partial charge in [0, 0.05) is 0 Å². The molecule has 6 heteroatoms. The van der Waals surface area contributed by atoms with Crippen molar-refractivity contribution in [2.45, 2.75) is 38.5 Å². The average molecular weight is 309 g/mol. The summed E-state index contributed by atoms with van der Waals surface area (Å²) in [6.07, 6.45) is 0.833. The van der Waals surface area contributed by atoms with E-state index >= 15 is 0 Å². The molecule has 0 fully saturated rings. The third-order valence-electron chi connectivity index (χ3n) is 3.32. The molecule has 0 bridgehead atoms. The van der Waals surface area contributed by atoms with Crippen LogP contribution in [0.4, 0.5) is 0 Å². The Hall–Kier alpha value is -1.87. The number of carboxylic acid groups (broad SMARTS) is 1. The van der Waals surface area contributed by atoms with E-state index in [1.807, 2.05) is 0 Å². The van der Waals surface area contributed by atoms with Gasteiger partial charge in [-0.3, -0.25) is 0 Å². The number of carboxylic acids is 1. The zero-order valence-corrected chi connectivity index (χ0v) is 13.2. The summed E-state index contributed by atoms with van der Waals surface area (Å²) < 4.78 is 24.4. The summed E-state index contributed by atoms with van der Waals surface area (Å²) in [4.78, 5) is 11.1. The van der Waals surface area contributed by atoms with Crippen molar-refractivity contribution in [2.75, 3.05) is 5.75 Å². The third kappa shape index (κ3) is 4.57. The molecule has 0 amide bonds. The van der Waals surface area contributed by atoms with Gasteiger partial charge in [-0.2, -0.15) is 5.26 Å². The van der Waals surface area contributed by atoms with Crippen molar-refractivity contribution in [1.82, 2.24) is 0 Å². The Morgan fingerprint density at radius 2 is 2.00 bits per heavy atom. The highest BCUT2D eigenvalue weighted by Crippen LogP contribution is 2.23. The van der Waals surface area contributed by atoms with E-state index in [2.05, 4.69) is 6.07 Å². The van der Waals surface area contributed by atoms with Crippen LogP contribution in [0.25, 0.3) is 0 Å². The smallest absolute Gasteiger partial charge is 0.335 e. The Morgan fingerprint density at radius 1 is 1.38 bits per heavy atom. The van der Waals surface area contributed by atoms with Crippen LogP contribution in [-0.2, 0) is 9.84 Å². The van der Waals surface area contributed by atoms with Gasteiger partial charge in [0.15, 0.2) is 9.84 Å². The first kappa shape index (κ1) is 17.2. The Bertz CT molecular complexity index is 684. The van der Waals surface area contributed by atoms with E-state index in [4.69, 9.17) is 10.4 Å². The van der Waals surface area contributed by atoms with Crippen molar-refractivity contribution in [3.63, 3.8) is 0 Å². The fourth-order valence-electron chi connectivity index (χ4n) is 1.90. The number of hydrogen-bond acceptors (Lipinski definition) is 4. The Kier molecular flexibility index (Phi) is 5.13. The molecule has 0 aliphatic rings. The average Bonchev–Trinajstić information content (AvgIpc) is 2.38. The number of carbonyl (C=O) groups is 1. The molecule has 1 rings (SSSR count). The molecular formula is C15H19NO4S. The lowest BCUT2D eigenvalue weighted by molar-refractivity contribution is 0.0696. The summed E-state index contributed by atoms with van der Waals surface area (Å²) >= 11 is 0. The van der Waals surface area contributed by atoms with Gasteiger partial charge in [0.25, 0.3) is 0 Å². The van der Waals surface area contributed by atoms with E-state index in [1.165, 1.54) is 18.2 Å². The van der Waals surface area contributed by atoms with Crippen molar-refractivity contribution in [3.05, 3.63) is 29.3 Å². The second kappa shape index (κ2) is 6.27. The maximum Gasteiger partial charge on any atom is 0.335 e. The highest BCUT2D eigenvalue weighted by atomic mass is 32.2. The topological polar surface area (TPSA) is 95.2 Å². The molecule has 1 aromatic carbocycles. The van der Waals surface area contributed by atoms with Gasteiger partial charge in [0.1, 0.15) is 0 Å². The molecular weight excluding hydrogens is 290 g/mol. The van der Waals surface area contributed by atoms with Crippen LogP contribution in [0, 0.1) is 23.7 Å². The second-order valence-electron chi connectivity index (χ2n) is 5.70. The van der Waals surface area contributed by atoms with Gasteiger partial charge in [-0.1, -0.05) is 6.07 Å². The number of hydrogen-bond donors (Lipinski definition) is 1. The molecule has 0 saturated heterocycles. The number of sulfone groups is 1. The predicted molar refractivity (Wildman–Crippen MR) is 78.8 cm³/mol. The highest BCUT2D eigenvalue weighted by Gasteiger charge is 2.21. The quantitative estimate of drug-likeness (QED) is 0.871. The van der Waals surface area contributed by atoms with E-state index in [0.29, 0.717) is 18.4 Å². The van der Waals surface area contributed by atoms with Gasteiger partial charge in [0.2, 0.25) is 0 Å². The normalized spacial score (nSPS) is 11.9. The lowest BCUT2D eigenvalue weighted by Gasteiger charge is -2.14. The molecule has 114 valence electrons. The number of nitriles is 1.